The Morgan fingerprint density at radius 2 is 2.25 bits per heavy atom. The van der Waals surface area contributed by atoms with Gasteiger partial charge in [0, 0.05) is 33.1 Å². The van der Waals surface area contributed by atoms with E-state index in [2.05, 4.69) is 10.4 Å². The standard InChI is InChI=1S/C17H22N4O3/c1-20-16(23)6-4-13(17(20)14-7-9-18-21(14)2)19-15(22)5-3-12-8-10-24-11-12/h7-11,13,17H,3-6H2,1-2H3,(H,19,22)/t13-,17-/m1/s1. The van der Waals surface area contributed by atoms with Crippen molar-refractivity contribution in [3.8, 4) is 0 Å². The van der Waals surface area contributed by atoms with Crippen LogP contribution in [0, 0.1) is 0 Å². The van der Waals surface area contributed by atoms with Crippen LogP contribution in [-0.4, -0.2) is 39.6 Å². The van der Waals surface area contributed by atoms with Crippen molar-refractivity contribution in [2.75, 3.05) is 7.05 Å². The highest BCUT2D eigenvalue weighted by molar-refractivity contribution is 5.79. The van der Waals surface area contributed by atoms with Gasteiger partial charge in [-0.3, -0.25) is 14.3 Å². The summed E-state index contributed by atoms with van der Waals surface area (Å²) in [6.45, 7) is 0. The molecule has 1 aliphatic heterocycles. The Hall–Kier alpha value is -2.57. The van der Waals surface area contributed by atoms with Crippen LogP contribution < -0.4 is 5.32 Å². The van der Waals surface area contributed by atoms with E-state index in [1.165, 1.54) is 0 Å². The molecule has 0 saturated carbocycles. The largest absolute Gasteiger partial charge is 0.472 e. The van der Waals surface area contributed by atoms with Gasteiger partial charge in [0.2, 0.25) is 11.8 Å². The molecule has 128 valence electrons. The Kier molecular flexibility index (Phi) is 4.69. The van der Waals surface area contributed by atoms with Crippen molar-refractivity contribution in [2.24, 2.45) is 7.05 Å². The van der Waals surface area contributed by atoms with Gasteiger partial charge in [0.1, 0.15) is 0 Å². The van der Waals surface area contributed by atoms with Crippen LogP contribution in [0.25, 0.3) is 0 Å². The number of furan rings is 1. The molecule has 0 unspecified atom stereocenters. The van der Waals surface area contributed by atoms with E-state index >= 15 is 0 Å². The molecular weight excluding hydrogens is 308 g/mol. The summed E-state index contributed by atoms with van der Waals surface area (Å²) in [4.78, 5) is 26.1. The number of aromatic nitrogens is 2. The highest BCUT2D eigenvalue weighted by atomic mass is 16.3. The van der Waals surface area contributed by atoms with Crippen LogP contribution in [0.1, 0.15) is 36.6 Å². The van der Waals surface area contributed by atoms with Crippen LogP contribution >= 0.6 is 0 Å². The first-order valence-electron chi connectivity index (χ1n) is 8.10. The summed E-state index contributed by atoms with van der Waals surface area (Å²) in [6.07, 6.45) is 7.08. The minimum Gasteiger partial charge on any atom is -0.472 e. The van der Waals surface area contributed by atoms with Crippen molar-refractivity contribution in [1.29, 1.82) is 0 Å². The van der Waals surface area contributed by atoms with Crippen LogP contribution in [-0.2, 0) is 23.1 Å². The van der Waals surface area contributed by atoms with Gasteiger partial charge in [-0.1, -0.05) is 0 Å². The number of carbonyl (C=O) groups is 2. The van der Waals surface area contributed by atoms with Crippen LogP contribution in [0.15, 0.2) is 35.3 Å². The number of rotatable bonds is 5. The van der Waals surface area contributed by atoms with Crippen molar-refractivity contribution >= 4 is 11.8 Å². The average Bonchev–Trinajstić information content (AvgIpc) is 3.21. The molecule has 3 heterocycles. The molecule has 1 aliphatic rings. The molecule has 0 spiro atoms. The molecule has 2 aromatic rings. The number of hydrogen-bond acceptors (Lipinski definition) is 4. The van der Waals surface area contributed by atoms with Gasteiger partial charge in [0.05, 0.1) is 30.3 Å². The van der Waals surface area contributed by atoms with Gasteiger partial charge >= 0.3 is 0 Å². The summed E-state index contributed by atoms with van der Waals surface area (Å²) < 4.78 is 6.77. The molecule has 24 heavy (non-hydrogen) atoms. The zero-order valence-electron chi connectivity index (χ0n) is 13.9. The molecule has 0 aromatic carbocycles. The van der Waals surface area contributed by atoms with E-state index in [0.29, 0.717) is 25.7 Å². The van der Waals surface area contributed by atoms with Crippen molar-refractivity contribution in [3.05, 3.63) is 42.1 Å². The third-order valence-corrected chi connectivity index (χ3v) is 4.59. The lowest BCUT2D eigenvalue weighted by Gasteiger charge is -2.39. The molecule has 2 atom stereocenters. The van der Waals surface area contributed by atoms with Crippen LogP contribution in [0.2, 0.25) is 0 Å². The number of likely N-dealkylation sites (tertiary alicyclic amines) is 1. The van der Waals surface area contributed by atoms with Crippen LogP contribution in [0.5, 0.6) is 0 Å². The molecule has 0 radical (unpaired) electrons. The van der Waals surface area contributed by atoms with Crippen molar-refractivity contribution < 1.29 is 14.0 Å². The minimum absolute atomic E-state index is 0.0175. The molecular formula is C17H22N4O3. The van der Waals surface area contributed by atoms with E-state index in [4.69, 9.17) is 4.42 Å². The number of hydrogen-bond donors (Lipinski definition) is 1. The molecule has 7 nitrogen and oxygen atoms in total. The highest BCUT2D eigenvalue weighted by Crippen LogP contribution is 2.30. The van der Waals surface area contributed by atoms with Gasteiger partial charge in [-0.05, 0) is 30.5 Å². The Labute approximate surface area is 140 Å². The van der Waals surface area contributed by atoms with E-state index < -0.39 is 0 Å². The minimum atomic E-state index is -0.198. The van der Waals surface area contributed by atoms with Gasteiger partial charge in [-0.2, -0.15) is 5.10 Å². The fraction of sp³-hybridized carbons (Fsp3) is 0.471. The predicted octanol–water partition coefficient (Wildman–Crippen LogP) is 1.42. The maximum atomic E-state index is 12.3. The quantitative estimate of drug-likeness (QED) is 0.899. The lowest BCUT2D eigenvalue weighted by Crippen LogP contribution is -2.51. The zero-order valence-corrected chi connectivity index (χ0v) is 13.9. The van der Waals surface area contributed by atoms with Gasteiger partial charge in [-0.15, -0.1) is 0 Å². The SMILES string of the molecule is CN1C(=O)CC[C@@H](NC(=O)CCc2ccoc2)[C@@H]1c1ccnn1C. The molecule has 1 saturated heterocycles. The first kappa shape index (κ1) is 16.3. The summed E-state index contributed by atoms with van der Waals surface area (Å²) in [5.41, 5.74) is 1.93. The zero-order chi connectivity index (χ0) is 17.1. The number of likely N-dealkylation sites (N-methyl/N-ethyl adjacent to an activating group) is 1. The summed E-state index contributed by atoms with van der Waals surface area (Å²) in [7, 11) is 3.63. The third kappa shape index (κ3) is 3.34. The Bertz CT molecular complexity index is 707. The van der Waals surface area contributed by atoms with E-state index in [1.807, 2.05) is 19.2 Å². The van der Waals surface area contributed by atoms with Crippen molar-refractivity contribution in [3.63, 3.8) is 0 Å². The normalized spacial score (nSPS) is 21.1. The number of amides is 2. The van der Waals surface area contributed by atoms with Crippen LogP contribution in [0.3, 0.4) is 0 Å². The van der Waals surface area contributed by atoms with Crippen molar-refractivity contribution in [1.82, 2.24) is 20.0 Å². The number of carbonyl (C=O) groups excluding carboxylic acids is 2. The number of nitrogens with one attached hydrogen (secondary N) is 1. The van der Waals surface area contributed by atoms with Gasteiger partial charge in [0.25, 0.3) is 0 Å². The Balaban J connectivity index is 1.69. The van der Waals surface area contributed by atoms with E-state index in [1.54, 1.807) is 35.4 Å². The maximum absolute atomic E-state index is 12.3. The summed E-state index contributed by atoms with van der Waals surface area (Å²) in [5, 5.41) is 7.28. The molecule has 0 aliphatic carbocycles. The second kappa shape index (κ2) is 6.90. The van der Waals surface area contributed by atoms with Gasteiger partial charge in [0.15, 0.2) is 0 Å². The fourth-order valence-corrected chi connectivity index (χ4v) is 3.24. The molecule has 2 aromatic heterocycles. The van der Waals surface area contributed by atoms with Gasteiger partial charge in [-0.25, -0.2) is 0 Å². The lowest BCUT2D eigenvalue weighted by molar-refractivity contribution is -0.137. The Morgan fingerprint density at radius 1 is 1.42 bits per heavy atom. The van der Waals surface area contributed by atoms with E-state index in [-0.39, 0.29) is 23.9 Å². The van der Waals surface area contributed by atoms with E-state index in [0.717, 1.165) is 11.3 Å². The number of aryl methyl sites for hydroxylation is 2. The second-order valence-electron chi connectivity index (χ2n) is 6.17. The first-order chi connectivity index (χ1) is 11.6. The summed E-state index contributed by atoms with van der Waals surface area (Å²) in [5.74, 6) is 0.0706. The van der Waals surface area contributed by atoms with Crippen molar-refractivity contribution in [2.45, 2.75) is 37.8 Å². The maximum Gasteiger partial charge on any atom is 0.223 e. The lowest BCUT2D eigenvalue weighted by atomic mass is 9.93. The predicted molar refractivity (Wildman–Crippen MR) is 86.9 cm³/mol. The van der Waals surface area contributed by atoms with Crippen LogP contribution in [0.4, 0.5) is 0 Å². The second-order valence-corrected chi connectivity index (χ2v) is 6.17. The summed E-state index contributed by atoms with van der Waals surface area (Å²) in [6, 6.07) is 3.44. The van der Waals surface area contributed by atoms with Gasteiger partial charge < -0.3 is 14.6 Å². The third-order valence-electron chi connectivity index (χ3n) is 4.59. The topological polar surface area (TPSA) is 80.4 Å². The number of nitrogens with zero attached hydrogens (tertiary/aromatic N) is 3. The average molecular weight is 330 g/mol. The number of piperidine rings is 1. The fourth-order valence-electron chi connectivity index (χ4n) is 3.24. The van der Waals surface area contributed by atoms with E-state index in [9.17, 15) is 9.59 Å². The highest BCUT2D eigenvalue weighted by Gasteiger charge is 2.36. The molecule has 3 rings (SSSR count). The Morgan fingerprint density at radius 3 is 2.92 bits per heavy atom. The first-order valence-corrected chi connectivity index (χ1v) is 8.10. The summed E-state index contributed by atoms with van der Waals surface area (Å²) >= 11 is 0. The monoisotopic (exact) mass is 330 g/mol. The smallest absolute Gasteiger partial charge is 0.223 e. The molecule has 1 N–H and O–H groups in total. The molecule has 1 fully saturated rings. The molecule has 0 bridgehead atoms. The molecule has 2 amide bonds. The molecule has 7 heteroatoms.